The molecule has 44 valence electrons. The third-order valence-electron chi connectivity index (χ3n) is 0.356. The number of halogens is 3. The van der Waals surface area contributed by atoms with E-state index >= 15 is 0 Å². The fourth-order valence-corrected chi connectivity index (χ4v) is 0.189. The molecular formula is C2H5BF3O-. The predicted octanol–water partition coefficient (Wildman–Crippen LogP) is 1.02. The van der Waals surface area contributed by atoms with Gasteiger partial charge in [-0.1, -0.05) is 0 Å². The van der Waals surface area contributed by atoms with Crippen LogP contribution in [0.4, 0.5) is 12.9 Å². The Morgan fingerprint density at radius 2 is 1.86 bits per heavy atom. The molecule has 0 fully saturated rings. The van der Waals surface area contributed by atoms with Crippen LogP contribution in [0.25, 0.3) is 0 Å². The molecule has 0 rings (SSSR count). The van der Waals surface area contributed by atoms with Crippen molar-refractivity contribution in [3.63, 3.8) is 0 Å². The summed E-state index contributed by atoms with van der Waals surface area (Å²) in [6.45, 7) is -5.81. The molecule has 1 nitrogen and oxygen atoms in total. The molecule has 0 aliphatic heterocycles. The first kappa shape index (κ1) is 6.81. The number of hydrogen-bond acceptors (Lipinski definition) is 1. The van der Waals surface area contributed by atoms with Crippen molar-refractivity contribution in [3.05, 3.63) is 0 Å². The molecule has 0 bridgehead atoms. The maximum atomic E-state index is 11.0. The summed E-state index contributed by atoms with van der Waals surface area (Å²) in [6.07, 6.45) is 0. The van der Waals surface area contributed by atoms with E-state index in [9.17, 15) is 12.9 Å². The molecule has 0 N–H and O–H groups in total. The van der Waals surface area contributed by atoms with Crippen LogP contribution >= 0.6 is 0 Å². The van der Waals surface area contributed by atoms with Crippen molar-refractivity contribution >= 4 is 6.98 Å². The van der Waals surface area contributed by atoms with E-state index < -0.39 is 13.5 Å². The van der Waals surface area contributed by atoms with Gasteiger partial charge < -0.3 is 17.7 Å². The average molecular weight is 113 g/mol. The van der Waals surface area contributed by atoms with Gasteiger partial charge >= 0.3 is 6.98 Å². The van der Waals surface area contributed by atoms with Gasteiger partial charge in [0.2, 0.25) is 0 Å². The smallest absolute Gasteiger partial charge is 0.447 e. The Bertz CT molecular complexity index is 51.4. The highest BCUT2D eigenvalue weighted by atomic mass is 19.4. The Morgan fingerprint density at radius 1 is 1.43 bits per heavy atom. The Hall–Kier alpha value is -0.185. The standard InChI is InChI=1S/C2H5BF3O/c1-7-2-3(4,5)6/h2H2,1H3/q-1. The first-order valence-corrected chi connectivity index (χ1v) is 1.76. The molecule has 0 spiro atoms. The van der Waals surface area contributed by atoms with Crippen LogP contribution in [0, 0.1) is 0 Å². The molecule has 0 heterocycles. The van der Waals surface area contributed by atoms with Gasteiger partial charge in [0.25, 0.3) is 0 Å². The zero-order valence-electron chi connectivity index (χ0n) is 3.83. The van der Waals surface area contributed by atoms with Gasteiger partial charge in [0, 0.05) is 13.6 Å². The normalized spacial score (nSPS) is 12.0. The van der Waals surface area contributed by atoms with Gasteiger partial charge in [-0.3, -0.25) is 0 Å². The molecule has 0 aromatic heterocycles. The van der Waals surface area contributed by atoms with E-state index in [-0.39, 0.29) is 0 Å². The summed E-state index contributed by atoms with van der Waals surface area (Å²) >= 11 is 0. The van der Waals surface area contributed by atoms with Crippen molar-refractivity contribution in [2.45, 2.75) is 0 Å². The zero-order valence-corrected chi connectivity index (χ0v) is 3.83. The van der Waals surface area contributed by atoms with Crippen LogP contribution < -0.4 is 0 Å². The lowest BCUT2D eigenvalue weighted by Crippen LogP contribution is -2.22. The summed E-state index contributed by atoms with van der Waals surface area (Å²) in [5, 5.41) is 0. The second-order valence-corrected chi connectivity index (χ2v) is 1.17. The summed E-state index contributed by atoms with van der Waals surface area (Å²) < 4.78 is 36.8. The van der Waals surface area contributed by atoms with E-state index in [4.69, 9.17) is 0 Å². The highest BCUT2D eigenvalue weighted by Crippen LogP contribution is 2.06. The Kier molecular flexibility index (Phi) is 2.15. The lowest BCUT2D eigenvalue weighted by atomic mass is 9.95. The zero-order chi connectivity index (χ0) is 5.91. The van der Waals surface area contributed by atoms with Crippen LogP contribution in [0.2, 0.25) is 0 Å². The highest BCUT2D eigenvalue weighted by molar-refractivity contribution is 6.58. The molecule has 0 saturated heterocycles. The fourth-order valence-electron chi connectivity index (χ4n) is 0.189. The molecule has 0 radical (unpaired) electrons. The van der Waals surface area contributed by atoms with E-state index in [1.807, 2.05) is 0 Å². The minimum absolute atomic E-state index is 1.02. The minimum Gasteiger partial charge on any atom is -0.447 e. The topological polar surface area (TPSA) is 9.23 Å². The van der Waals surface area contributed by atoms with Gasteiger partial charge in [0.15, 0.2) is 0 Å². The highest BCUT2D eigenvalue weighted by Gasteiger charge is 2.21. The number of rotatable bonds is 2. The number of hydrogen-bond donors (Lipinski definition) is 0. The minimum atomic E-state index is -4.72. The van der Waals surface area contributed by atoms with E-state index in [2.05, 4.69) is 4.74 Å². The van der Waals surface area contributed by atoms with Gasteiger partial charge in [-0.25, -0.2) is 0 Å². The summed E-state index contributed by atoms with van der Waals surface area (Å²) in [7, 11) is 1.02. The van der Waals surface area contributed by atoms with Crippen LogP contribution in [-0.4, -0.2) is 20.6 Å². The van der Waals surface area contributed by atoms with Gasteiger partial charge in [-0.05, 0) is 0 Å². The molecule has 5 heteroatoms. The SMILES string of the molecule is COC[B-](F)(F)F. The molecule has 0 aliphatic carbocycles. The molecular weight excluding hydrogens is 108 g/mol. The quantitative estimate of drug-likeness (QED) is 0.485. The number of ether oxygens (including phenoxy) is 1. The van der Waals surface area contributed by atoms with E-state index in [0.29, 0.717) is 0 Å². The van der Waals surface area contributed by atoms with Crippen LogP contribution in [0.15, 0.2) is 0 Å². The van der Waals surface area contributed by atoms with Gasteiger partial charge in [0.05, 0.1) is 0 Å². The molecule has 0 aromatic rings. The van der Waals surface area contributed by atoms with Crippen LogP contribution in [-0.2, 0) is 4.74 Å². The molecule has 0 saturated carbocycles. The third kappa shape index (κ3) is 5.81. The Labute approximate surface area is 39.5 Å². The number of methoxy groups -OCH3 is 1. The van der Waals surface area contributed by atoms with E-state index in [0.717, 1.165) is 7.11 Å². The van der Waals surface area contributed by atoms with E-state index in [1.165, 1.54) is 0 Å². The van der Waals surface area contributed by atoms with Crippen LogP contribution in [0.5, 0.6) is 0 Å². The monoisotopic (exact) mass is 113 g/mol. The second kappa shape index (κ2) is 2.21. The summed E-state index contributed by atoms with van der Waals surface area (Å²) in [5.74, 6) is 0. The van der Waals surface area contributed by atoms with Gasteiger partial charge in [-0.15, -0.1) is 0 Å². The second-order valence-electron chi connectivity index (χ2n) is 1.17. The lowest BCUT2D eigenvalue weighted by molar-refractivity contribution is 0.212. The fraction of sp³-hybridized carbons (Fsp3) is 1.00. The summed E-state index contributed by atoms with van der Waals surface area (Å²) in [4.78, 5) is 0. The Morgan fingerprint density at radius 3 is 1.86 bits per heavy atom. The van der Waals surface area contributed by atoms with Crippen LogP contribution in [0.1, 0.15) is 0 Å². The summed E-state index contributed by atoms with van der Waals surface area (Å²) in [5.41, 5.74) is 0. The Balaban J connectivity index is 3.15. The maximum absolute atomic E-state index is 11.0. The molecule has 0 aliphatic rings. The first-order valence-electron chi connectivity index (χ1n) is 1.76. The van der Waals surface area contributed by atoms with Crippen molar-refractivity contribution in [1.29, 1.82) is 0 Å². The first-order chi connectivity index (χ1) is 3.06. The van der Waals surface area contributed by atoms with Gasteiger partial charge in [0.1, 0.15) is 0 Å². The van der Waals surface area contributed by atoms with Crippen molar-refractivity contribution < 1.29 is 17.7 Å². The molecule has 0 amide bonds. The summed E-state index contributed by atoms with van der Waals surface area (Å²) in [6, 6.07) is 0. The average Bonchev–Trinajstić information content (AvgIpc) is 1.30. The molecule has 0 atom stereocenters. The van der Waals surface area contributed by atoms with Crippen molar-refractivity contribution in [1.82, 2.24) is 0 Å². The van der Waals surface area contributed by atoms with E-state index in [1.54, 1.807) is 0 Å². The molecule has 0 unspecified atom stereocenters. The molecule has 7 heavy (non-hydrogen) atoms. The van der Waals surface area contributed by atoms with Gasteiger partial charge in [-0.2, -0.15) is 0 Å². The largest absolute Gasteiger partial charge is 0.503 e. The lowest BCUT2D eigenvalue weighted by Gasteiger charge is -2.09. The maximum Gasteiger partial charge on any atom is 0.503 e. The van der Waals surface area contributed by atoms with Crippen molar-refractivity contribution in [3.8, 4) is 0 Å². The van der Waals surface area contributed by atoms with Crippen LogP contribution in [0.3, 0.4) is 0 Å². The predicted molar refractivity (Wildman–Crippen MR) is 21.0 cm³/mol. The van der Waals surface area contributed by atoms with Crippen molar-refractivity contribution in [2.24, 2.45) is 0 Å². The molecule has 0 aromatic carbocycles. The third-order valence-corrected chi connectivity index (χ3v) is 0.356. The van der Waals surface area contributed by atoms with Crippen molar-refractivity contribution in [2.75, 3.05) is 13.6 Å².